The molecule has 0 aromatic carbocycles. The van der Waals surface area contributed by atoms with Gasteiger partial charge in [0, 0.05) is 18.3 Å². The van der Waals surface area contributed by atoms with Gasteiger partial charge in [-0.1, -0.05) is 20.8 Å². The molecule has 106 valence electrons. The number of methoxy groups -OCH3 is 1. The van der Waals surface area contributed by atoms with Crippen molar-refractivity contribution in [2.24, 2.45) is 0 Å². The number of carbonyl (C=O) groups excluding carboxylic acids is 1. The molecule has 0 spiro atoms. The highest BCUT2D eigenvalue weighted by Gasteiger charge is 2.36. The highest BCUT2D eigenvalue weighted by molar-refractivity contribution is 6.74. The number of nitrogens with one attached hydrogen (secondary N) is 1. The molecule has 0 fully saturated rings. The number of carbonyl (C=O) groups is 1. The van der Waals surface area contributed by atoms with E-state index in [-0.39, 0.29) is 11.0 Å². The zero-order valence-electron chi connectivity index (χ0n) is 12.7. The van der Waals surface area contributed by atoms with E-state index in [1.807, 2.05) is 6.92 Å². The first-order valence-electron chi connectivity index (χ1n) is 6.24. The molecular formula is C13H27NO3Si. The standard InChI is InChI=1S/C13H27NO3Si/c1-11(10-12(15)16-5)14-8-9-17-18(6,7)13(2,3)4/h10,14H,8-9H2,1-7H3/b11-10-. The highest BCUT2D eigenvalue weighted by atomic mass is 28.4. The predicted octanol–water partition coefficient (Wildman–Crippen LogP) is 2.67. The van der Waals surface area contributed by atoms with Crippen molar-refractivity contribution in [2.45, 2.75) is 45.8 Å². The summed E-state index contributed by atoms with van der Waals surface area (Å²) in [5.41, 5.74) is 0.792. The SMILES string of the molecule is COC(=O)/C=C(/C)NCCO[Si](C)(C)C(C)(C)C. The van der Waals surface area contributed by atoms with Gasteiger partial charge in [-0.25, -0.2) is 4.79 Å². The van der Waals surface area contributed by atoms with Crippen molar-refractivity contribution in [1.82, 2.24) is 5.32 Å². The maximum Gasteiger partial charge on any atom is 0.332 e. The van der Waals surface area contributed by atoms with Gasteiger partial charge in [0.25, 0.3) is 0 Å². The average Bonchev–Trinajstić information content (AvgIpc) is 2.22. The molecule has 18 heavy (non-hydrogen) atoms. The fourth-order valence-electron chi connectivity index (χ4n) is 1.06. The van der Waals surface area contributed by atoms with Crippen LogP contribution in [0.25, 0.3) is 0 Å². The number of hydrogen-bond donors (Lipinski definition) is 1. The quantitative estimate of drug-likeness (QED) is 0.350. The van der Waals surface area contributed by atoms with E-state index in [9.17, 15) is 4.79 Å². The van der Waals surface area contributed by atoms with Crippen LogP contribution in [-0.2, 0) is 14.0 Å². The maximum atomic E-state index is 11.0. The number of rotatable bonds is 6. The maximum absolute atomic E-state index is 11.0. The molecule has 0 rings (SSSR count). The lowest BCUT2D eigenvalue weighted by molar-refractivity contribution is -0.134. The monoisotopic (exact) mass is 273 g/mol. The van der Waals surface area contributed by atoms with E-state index in [1.54, 1.807) is 0 Å². The predicted molar refractivity (Wildman–Crippen MR) is 76.9 cm³/mol. The third kappa shape index (κ3) is 6.21. The Morgan fingerprint density at radius 1 is 1.33 bits per heavy atom. The molecule has 0 aliphatic rings. The number of hydrogen-bond acceptors (Lipinski definition) is 4. The Kier molecular flexibility index (Phi) is 6.63. The van der Waals surface area contributed by atoms with Crippen molar-refractivity contribution < 1.29 is 14.0 Å². The summed E-state index contributed by atoms with van der Waals surface area (Å²) in [6.07, 6.45) is 1.44. The summed E-state index contributed by atoms with van der Waals surface area (Å²) in [6.45, 7) is 14.3. The Balaban J connectivity index is 4.01. The summed E-state index contributed by atoms with van der Waals surface area (Å²) < 4.78 is 10.6. The average molecular weight is 273 g/mol. The summed E-state index contributed by atoms with van der Waals surface area (Å²) in [5.74, 6) is -0.342. The van der Waals surface area contributed by atoms with Crippen LogP contribution in [0.4, 0.5) is 0 Å². The lowest BCUT2D eigenvalue weighted by atomic mass is 10.2. The van der Waals surface area contributed by atoms with Gasteiger partial charge in [-0.3, -0.25) is 0 Å². The van der Waals surface area contributed by atoms with Gasteiger partial charge in [-0.2, -0.15) is 0 Å². The smallest absolute Gasteiger partial charge is 0.332 e. The van der Waals surface area contributed by atoms with Crippen LogP contribution in [-0.4, -0.2) is 34.5 Å². The number of allylic oxidation sites excluding steroid dienone is 1. The minimum absolute atomic E-state index is 0.226. The third-order valence-electron chi connectivity index (χ3n) is 3.31. The van der Waals surface area contributed by atoms with Crippen molar-refractivity contribution in [3.8, 4) is 0 Å². The molecule has 0 bridgehead atoms. The van der Waals surface area contributed by atoms with E-state index >= 15 is 0 Å². The van der Waals surface area contributed by atoms with E-state index in [4.69, 9.17) is 4.43 Å². The summed E-state index contributed by atoms with van der Waals surface area (Å²) in [4.78, 5) is 11.0. The molecule has 0 atom stereocenters. The summed E-state index contributed by atoms with van der Waals surface area (Å²) in [6, 6.07) is 0. The Labute approximate surface area is 112 Å². The van der Waals surface area contributed by atoms with Crippen LogP contribution in [0.5, 0.6) is 0 Å². The Bertz CT molecular complexity index is 306. The minimum atomic E-state index is -1.67. The van der Waals surface area contributed by atoms with Crippen LogP contribution < -0.4 is 5.32 Å². The molecule has 0 saturated carbocycles. The van der Waals surface area contributed by atoms with Crippen LogP contribution in [0.1, 0.15) is 27.7 Å². The van der Waals surface area contributed by atoms with E-state index in [0.717, 1.165) is 5.70 Å². The summed E-state index contributed by atoms with van der Waals surface area (Å²) in [7, 11) is -0.299. The van der Waals surface area contributed by atoms with Gasteiger partial charge in [0.15, 0.2) is 8.32 Å². The molecule has 1 N–H and O–H groups in total. The van der Waals surface area contributed by atoms with Crippen LogP contribution in [0, 0.1) is 0 Å². The first-order chi connectivity index (χ1) is 8.10. The number of ether oxygens (including phenoxy) is 1. The zero-order valence-corrected chi connectivity index (χ0v) is 13.7. The van der Waals surface area contributed by atoms with Gasteiger partial charge in [0.05, 0.1) is 13.7 Å². The molecule has 0 saturated heterocycles. The van der Waals surface area contributed by atoms with Crippen LogP contribution in [0.15, 0.2) is 11.8 Å². The van der Waals surface area contributed by atoms with Crippen molar-refractivity contribution in [3.05, 3.63) is 11.8 Å². The fourth-order valence-corrected chi connectivity index (χ4v) is 2.10. The van der Waals surface area contributed by atoms with E-state index < -0.39 is 8.32 Å². The van der Waals surface area contributed by atoms with Crippen molar-refractivity contribution in [2.75, 3.05) is 20.3 Å². The van der Waals surface area contributed by atoms with Gasteiger partial charge < -0.3 is 14.5 Å². The number of esters is 1. The molecule has 4 nitrogen and oxygen atoms in total. The van der Waals surface area contributed by atoms with Crippen LogP contribution >= 0.6 is 0 Å². The van der Waals surface area contributed by atoms with Crippen LogP contribution in [0.3, 0.4) is 0 Å². The van der Waals surface area contributed by atoms with E-state index in [2.05, 4.69) is 43.9 Å². The van der Waals surface area contributed by atoms with Gasteiger partial charge in [0.2, 0.25) is 0 Å². The second kappa shape index (κ2) is 6.94. The van der Waals surface area contributed by atoms with E-state index in [0.29, 0.717) is 13.2 Å². The lowest BCUT2D eigenvalue weighted by Crippen LogP contribution is -2.42. The van der Waals surface area contributed by atoms with Crippen LogP contribution in [0.2, 0.25) is 18.1 Å². The van der Waals surface area contributed by atoms with Crippen molar-refractivity contribution in [1.29, 1.82) is 0 Å². The normalized spacial score (nSPS) is 13.4. The zero-order chi connectivity index (χ0) is 14.4. The second-order valence-corrected chi connectivity index (χ2v) is 10.7. The lowest BCUT2D eigenvalue weighted by Gasteiger charge is -2.36. The molecule has 0 heterocycles. The van der Waals surface area contributed by atoms with Gasteiger partial charge in [0.1, 0.15) is 0 Å². The molecule has 0 aliphatic carbocycles. The first kappa shape index (κ1) is 17.2. The fraction of sp³-hybridized carbons (Fsp3) is 0.769. The molecule has 0 amide bonds. The van der Waals surface area contributed by atoms with E-state index in [1.165, 1.54) is 13.2 Å². The Hall–Kier alpha value is -0.813. The summed E-state index contributed by atoms with van der Waals surface area (Å²) >= 11 is 0. The topological polar surface area (TPSA) is 47.6 Å². The summed E-state index contributed by atoms with van der Waals surface area (Å²) in [5, 5.41) is 3.36. The van der Waals surface area contributed by atoms with Gasteiger partial charge in [-0.15, -0.1) is 0 Å². The Morgan fingerprint density at radius 3 is 2.33 bits per heavy atom. The second-order valence-electron chi connectivity index (χ2n) is 5.89. The molecule has 0 aliphatic heterocycles. The molecule has 5 heteroatoms. The van der Waals surface area contributed by atoms with Gasteiger partial charge in [-0.05, 0) is 25.1 Å². The molecule has 0 aromatic rings. The van der Waals surface area contributed by atoms with Crippen molar-refractivity contribution in [3.63, 3.8) is 0 Å². The molecule has 0 aromatic heterocycles. The van der Waals surface area contributed by atoms with Crippen molar-refractivity contribution >= 4 is 14.3 Å². The first-order valence-corrected chi connectivity index (χ1v) is 9.15. The largest absolute Gasteiger partial charge is 0.466 e. The van der Waals surface area contributed by atoms with Gasteiger partial charge >= 0.3 is 5.97 Å². The third-order valence-corrected chi connectivity index (χ3v) is 7.85. The minimum Gasteiger partial charge on any atom is -0.466 e. The molecular weight excluding hydrogens is 246 g/mol. The highest BCUT2D eigenvalue weighted by Crippen LogP contribution is 2.36. The molecule has 0 unspecified atom stereocenters. The molecule has 0 radical (unpaired) electrons. The Morgan fingerprint density at radius 2 is 1.89 bits per heavy atom.